The summed E-state index contributed by atoms with van der Waals surface area (Å²) in [6.45, 7) is 7.00. The van der Waals surface area contributed by atoms with Crippen molar-refractivity contribution in [3.05, 3.63) is 120 Å². The van der Waals surface area contributed by atoms with E-state index in [1.54, 1.807) is 6.08 Å². The first-order chi connectivity index (χ1) is 16.2. The molecule has 1 atom stereocenters. The molecule has 164 valence electrons. The fourth-order valence-corrected chi connectivity index (χ4v) is 4.75. The minimum atomic E-state index is 0.00471. The minimum Gasteiger partial charge on any atom is -0.489 e. The Morgan fingerprint density at radius 1 is 0.970 bits per heavy atom. The molecule has 1 unspecified atom stereocenters. The third kappa shape index (κ3) is 4.03. The van der Waals surface area contributed by atoms with Gasteiger partial charge in [0.15, 0.2) is 0 Å². The van der Waals surface area contributed by atoms with Gasteiger partial charge in [-0.3, -0.25) is 4.79 Å². The molecule has 0 radical (unpaired) electrons. The van der Waals surface area contributed by atoms with Gasteiger partial charge in [0, 0.05) is 24.6 Å². The molecule has 4 aromatic carbocycles. The molecule has 1 heterocycles. The van der Waals surface area contributed by atoms with Crippen LogP contribution in [0.25, 0.3) is 10.8 Å². The fourth-order valence-electron chi connectivity index (χ4n) is 4.75. The number of anilines is 1. The van der Waals surface area contributed by atoms with Crippen molar-refractivity contribution < 1.29 is 9.53 Å². The molecule has 0 N–H and O–H groups in total. The van der Waals surface area contributed by atoms with Crippen LogP contribution in [-0.2, 0) is 11.4 Å². The summed E-state index contributed by atoms with van der Waals surface area (Å²) in [4.78, 5) is 14.9. The van der Waals surface area contributed by atoms with Crippen LogP contribution in [0.3, 0.4) is 0 Å². The summed E-state index contributed by atoms with van der Waals surface area (Å²) in [5, 5.41) is 2.38. The quantitative estimate of drug-likeness (QED) is 0.314. The first kappa shape index (κ1) is 21.0. The van der Waals surface area contributed by atoms with Crippen LogP contribution in [-0.4, -0.2) is 12.5 Å². The van der Waals surface area contributed by atoms with E-state index >= 15 is 0 Å². The molecule has 0 spiro atoms. The van der Waals surface area contributed by atoms with E-state index in [-0.39, 0.29) is 11.8 Å². The van der Waals surface area contributed by atoms with Gasteiger partial charge in [-0.05, 0) is 58.1 Å². The standard InChI is InChI=1S/C30H27NO2/c1-3-18-31-28-17-14-22-9-6-7-11-26(22)30(28)27(19-29(31)32)23-12-15-25(16-13-23)33-20-24-10-5-4-8-21(24)2/h3-17,27H,1,18-20H2,2H3. The molecule has 4 aromatic rings. The van der Waals surface area contributed by atoms with Gasteiger partial charge in [0.05, 0.1) is 0 Å². The number of nitrogens with zero attached hydrogens (tertiary/aromatic N) is 1. The fraction of sp³-hybridized carbons (Fsp3) is 0.167. The van der Waals surface area contributed by atoms with Crippen LogP contribution < -0.4 is 9.64 Å². The van der Waals surface area contributed by atoms with Gasteiger partial charge in [0.2, 0.25) is 5.91 Å². The second-order valence-corrected chi connectivity index (χ2v) is 8.55. The van der Waals surface area contributed by atoms with Crippen molar-refractivity contribution in [3.63, 3.8) is 0 Å². The maximum atomic E-state index is 13.1. The lowest BCUT2D eigenvalue weighted by Gasteiger charge is -2.35. The number of benzene rings is 4. The van der Waals surface area contributed by atoms with Crippen molar-refractivity contribution in [2.24, 2.45) is 0 Å². The summed E-state index contributed by atoms with van der Waals surface area (Å²) >= 11 is 0. The number of rotatable bonds is 6. The highest BCUT2D eigenvalue weighted by Gasteiger charge is 2.33. The van der Waals surface area contributed by atoms with E-state index in [1.807, 2.05) is 29.2 Å². The van der Waals surface area contributed by atoms with Gasteiger partial charge in [-0.1, -0.05) is 72.8 Å². The highest BCUT2D eigenvalue weighted by molar-refractivity contribution is 6.03. The molecule has 0 saturated carbocycles. The van der Waals surface area contributed by atoms with Crippen LogP contribution >= 0.6 is 0 Å². The van der Waals surface area contributed by atoms with Crippen molar-refractivity contribution in [1.82, 2.24) is 0 Å². The third-order valence-electron chi connectivity index (χ3n) is 6.52. The van der Waals surface area contributed by atoms with Gasteiger partial charge in [0.1, 0.15) is 12.4 Å². The smallest absolute Gasteiger partial charge is 0.228 e. The molecule has 3 nitrogen and oxygen atoms in total. The highest BCUT2D eigenvalue weighted by atomic mass is 16.5. The molecule has 1 amide bonds. The number of amides is 1. The molecule has 0 aromatic heterocycles. The lowest BCUT2D eigenvalue weighted by atomic mass is 9.81. The van der Waals surface area contributed by atoms with E-state index in [4.69, 9.17) is 4.74 Å². The van der Waals surface area contributed by atoms with Gasteiger partial charge >= 0.3 is 0 Å². The SMILES string of the molecule is C=CCN1C(=O)CC(c2ccc(OCc3ccccc3C)cc2)c2c1ccc1ccccc21. The summed E-state index contributed by atoms with van der Waals surface area (Å²) in [6.07, 6.45) is 2.23. The Balaban J connectivity index is 1.48. The monoisotopic (exact) mass is 433 g/mol. The number of carbonyl (C=O) groups is 1. The highest BCUT2D eigenvalue weighted by Crippen LogP contribution is 2.44. The number of ether oxygens (including phenoxy) is 1. The van der Waals surface area contributed by atoms with E-state index in [9.17, 15) is 4.79 Å². The Labute approximate surface area is 194 Å². The van der Waals surface area contributed by atoms with Gasteiger partial charge in [-0.2, -0.15) is 0 Å². The van der Waals surface area contributed by atoms with E-state index in [1.165, 1.54) is 27.5 Å². The first-order valence-electron chi connectivity index (χ1n) is 11.4. The van der Waals surface area contributed by atoms with Crippen molar-refractivity contribution >= 4 is 22.4 Å². The van der Waals surface area contributed by atoms with E-state index in [2.05, 4.69) is 74.2 Å². The largest absolute Gasteiger partial charge is 0.489 e. The van der Waals surface area contributed by atoms with Crippen molar-refractivity contribution in [2.75, 3.05) is 11.4 Å². The van der Waals surface area contributed by atoms with Crippen molar-refractivity contribution in [3.8, 4) is 5.75 Å². The molecule has 3 heteroatoms. The Morgan fingerprint density at radius 3 is 2.52 bits per heavy atom. The molecular weight excluding hydrogens is 406 g/mol. The van der Waals surface area contributed by atoms with Gasteiger partial charge < -0.3 is 9.64 Å². The van der Waals surface area contributed by atoms with E-state index in [0.29, 0.717) is 19.6 Å². The number of aryl methyl sites for hydroxylation is 1. The van der Waals surface area contributed by atoms with Crippen LogP contribution in [0.2, 0.25) is 0 Å². The summed E-state index contributed by atoms with van der Waals surface area (Å²) < 4.78 is 6.04. The number of fused-ring (bicyclic) bond motifs is 3. The normalized spacial score (nSPS) is 15.4. The predicted molar refractivity (Wildman–Crippen MR) is 135 cm³/mol. The third-order valence-corrected chi connectivity index (χ3v) is 6.52. The average molecular weight is 434 g/mol. The molecule has 0 fully saturated rings. The molecule has 1 aliphatic rings. The molecule has 0 aliphatic carbocycles. The van der Waals surface area contributed by atoms with Crippen LogP contribution in [0.5, 0.6) is 5.75 Å². The summed E-state index contributed by atoms with van der Waals surface area (Å²) in [5.74, 6) is 0.961. The number of hydrogen-bond acceptors (Lipinski definition) is 2. The van der Waals surface area contributed by atoms with Gasteiger partial charge in [-0.25, -0.2) is 0 Å². The molecular formula is C30H27NO2. The summed E-state index contributed by atoms with van der Waals surface area (Å²) in [6, 6.07) is 29.1. The van der Waals surface area contributed by atoms with Crippen LogP contribution in [0.15, 0.2) is 97.6 Å². The predicted octanol–water partition coefficient (Wildman–Crippen LogP) is 6.78. The zero-order valence-corrected chi connectivity index (χ0v) is 18.8. The molecule has 0 bridgehead atoms. The Hall–Kier alpha value is -3.85. The zero-order chi connectivity index (χ0) is 22.8. The topological polar surface area (TPSA) is 29.5 Å². The Kier molecular flexibility index (Phi) is 5.70. The lowest BCUT2D eigenvalue weighted by molar-refractivity contribution is -0.119. The van der Waals surface area contributed by atoms with Crippen LogP contribution in [0.1, 0.15) is 34.6 Å². The van der Waals surface area contributed by atoms with E-state index in [0.717, 1.165) is 17.0 Å². The number of carbonyl (C=O) groups excluding carboxylic acids is 1. The molecule has 5 rings (SSSR count). The second kappa shape index (κ2) is 8.95. The molecule has 33 heavy (non-hydrogen) atoms. The van der Waals surface area contributed by atoms with E-state index < -0.39 is 0 Å². The average Bonchev–Trinajstić information content (AvgIpc) is 2.85. The second-order valence-electron chi connectivity index (χ2n) is 8.55. The summed E-state index contributed by atoms with van der Waals surface area (Å²) in [5.41, 5.74) is 5.73. The Bertz CT molecular complexity index is 1320. The Morgan fingerprint density at radius 2 is 1.73 bits per heavy atom. The lowest BCUT2D eigenvalue weighted by Crippen LogP contribution is -2.37. The van der Waals surface area contributed by atoms with Crippen LogP contribution in [0, 0.1) is 6.92 Å². The van der Waals surface area contributed by atoms with Gasteiger partial charge in [0.25, 0.3) is 0 Å². The zero-order valence-electron chi connectivity index (χ0n) is 18.8. The number of hydrogen-bond donors (Lipinski definition) is 0. The maximum Gasteiger partial charge on any atom is 0.228 e. The molecule has 1 aliphatic heterocycles. The van der Waals surface area contributed by atoms with Crippen molar-refractivity contribution in [1.29, 1.82) is 0 Å². The van der Waals surface area contributed by atoms with Gasteiger partial charge in [-0.15, -0.1) is 6.58 Å². The molecule has 0 saturated heterocycles. The first-order valence-corrected chi connectivity index (χ1v) is 11.4. The summed E-state index contributed by atoms with van der Waals surface area (Å²) in [7, 11) is 0. The maximum absolute atomic E-state index is 13.1. The van der Waals surface area contributed by atoms with Crippen LogP contribution in [0.4, 0.5) is 5.69 Å². The van der Waals surface area contributed by atoms with Crippen molar-refractivity contribution in [2.45, 2.75) is 25.9 Å². The minimum absolute atomic E-state index is 0.00471.